The molecule has 0 aliphatic rings. The third kappa shape index (κ3) is 3.78. The Morgan fingerprint density at radius 2 is 1.78 bits per heavy atom. The molecule has 4 aromatic heterocycles. The molecule has 1 unspecified atom stereocenters. The van der Waals surface area contributed by atoms with Gasteiger partial charge in [0, 0.05) is 46.9 Å². The average molecular weight is 493 g/mol. The first-order valence-corrected chi connectivity index (χ1v) is 10.4. The Morgan fingerprint density at radius 3 is 2.44 bits per heavy atom. The molecule has 5 rings (SSSR count). The fourth-order valence-electron chi connectivity index (χ4n) is 3.95. The zero-order valence-electron chi connectivity index (χ0n) is 18.4. The molecule has 0 bridgehead atoms. The quantitative estimate of drug-likeness (QED) is 0.370. The maximum Gasteiger partial charge on any atom is 0.451 e. The van der Waals surface area contributed by atoms with Crippen molar-refractivity contribution in [1.82, 2.24) is 34.3 Å². The molecule has 1 aromatic carbocycles. The molecule has 36 heavy (non-hydrogen) atoms. The number of rotatable bonds is 4. The van der Waals surface area contributed by atoms with Gasteiger partial charge in [-0.05, 0) is 19.1 Å². The second-order valence-corrected chi connectivity index (χ2v) is 7.81. The lowest BCUT2D eigenvalue weighted by molar-refractivity contribution is -0.144. The minimum absolute atomic E-state index is 0.0600. The highest BCUT2D eigenvalue weighted by Crippen LogP contribution is 2.37. The number of nitrogens with two attached hydrogens (primary N) is 1. The van der Waals surface area contributed by atoms with Gasteiger partial charge in [-0.2, -0.15) is 28.5 Å². The highest BCUT2D eigenvalue weighted by atomic mass is 19.4. The molecule has 9 nitrogen and oxygen atoms in total. The summed E-state index contributed by atoms with van der Waals surface area (Å²) in [5.41, 5.74) is 7.45. The molecular formula is C23H15F4N9. The monoisotopic (exact) mass is 493 g/mol. The van der Waals surface area contributed by atoms with Crippen molar-refractivity contribution in [2.45, 2.75) is 19.1 Å². The summed E-state index contributed by atoms with van der Waals surface area (Å²) in [4.78, 5) is 15.1. The van der Waals surface area contributed by atoms with Gasteiger partial charge in [0.25, 0.3) is 0 Å². The van der Waals surface area contributed by atoms with Crippen LogP contribution in [0.2, 0.25) is 0 Å². The fraction of sp³-hybridized carbons (Fsp3) is 0.130. The van der Waals surface area contributed by atoms with Crippen molar-refractivity contribution in [1.29, 1.82) is 5.26 Å². The number of fused-ring (bicyclic) bond motifs is 1. The number of nitriles is 1. The Kier molecular flexibility index (Phi) is 5.36. The summed E-state index contributed by atoms with van der Waals surface area (Å²) in [5.74, 6) is -1.83. The van der Waals surface area contributed by atoms with Crippen LogP contribution in [0.1, 0.15) is 30.0 Å². The Bertz CT molecular complexity index is 1630. The smallest absolute Gasteiger partial charge is 0.368 e. The number of hydrogen-bond donors (Lipinski definition) is 1. The number of nitrogens with zero attached hydrogens (tertiary/aromatic N) is 8. The third-order valence-electron chi connectivity index (χ3n) is 5.63. The minimum Gasteiger partial charge on any atom is -0.368 e. The molecule has 0 aliphatic heterocycles. The number of nitrogen functional groups attached to an aromatic ring is 1. The zero-order valence-corrected chi connectivity index (χ0v) is 18.4. The van der Waals surface area contributed by atoms with E-state index >= 15 is 0 Å². The SMILES string of the molecule is CC(c1cnn(-c2ccccc2F)c1)n1c(C#N)c(-c2cnc(C(F)(F)F)nc2)c2cnc(N)nc21. The van der Waals surface area contributed by atoms with Crippen LogP contribution < -0.4 is 5.73 Å². The summed E-state index contributed by atoms with van der Waals surface area (Å²) in [5, 5.41) is 14.7. The van der Waals surface area contributed by atoms with Crippen molar-refractivity contribution < 1.29 is 17.6 Å². The van der Waals surface area contributed by atoms with Crippen molar-refractivity contribution >= 4 is 17.0 Å². The van der Waals surface area contributed by atoms with Gasteiger partial charge in [0.05, 0.1) is 12.2 Å². The van der Waals surface area contributed by atoms with Crippen LogP contribution in [0.3, 0.4) is 0 Å². The Morgan fingerprint density at radius 1 is 1.06 bits per heavy atom. The number of anilines is 1. The van der Waals surface area contributed by atoms with E-state index in [0.29, 0.717) is 10.9 Å². The van der Waals surface area contributed by atoms with Gasteiger partial charge < -0.3 is 10.3 Å². The van der Waals surface area contributed by atoms with Gasteiger partial charge in [-0.3, -0.25) is 0 Å². The normalized spacial score (nSPS) is 12.6. The number of aromatic nitrogens is 7. The van der Waals surface area contributed by atoms with Gasteiger partial charge in [0.1, 0.15) is 28.9 Å². The molecule has 0 amide bonds. The van der Waals surface area contributed by atoms with Gasteiger partial charge in [-0.15, -0.1) is 0 Å². The molecule has 180 valence electrons. The van der Waals surface area contributed by atoms with E-state index in [-0.39, 0.29) is 34.1 Å². The van der Waals surface area contributed by atoms with Gasteiger partial charge >= 0.3 is 6.18 Å². The topological polar surface area (TPSA) is 124 Å². The fourth-order valence-corrected chi connectivity index (χ4v) is 3.95. The third-order valence-corrected chi connectivity index (χ3v) is 5.63. The van der Waals surface area contributed by atoms with E-state index in [1.54, 1.807) is 35.9 Å². The lowest BCUT2D eigenvalue weighted by Gasteiger charge is -2.15. The van der Waals surface area contributed by atoms with E-state index in [9.17, 15) is 22.8 Å². The van der Waals surface area contributed by atoms with Gasteiger partial charge in [-0.25, -0.2) is 24.0 Å². The number of hydrogen-bond acceptors (Lipinski definition) is 7. The number of para-hydroxylation sites is 1. The lowest BCUT2D eigenvalue weighted by Crippen LogP contribution is -2.11. The van der Waals surface area contributed by atoms with Crippen LogP contribution in [0.15, 0.2) is 55.2 Å². The minimum atomic E-state index is -4.71. The molecule has 1 atom stereocenters. The van der Waals surface area contributed by atoms with Crippen LogP contribution in [0.25, 0.3) is 27.8 Å². The van der Waals surface area contributed by atoms with Crippen molar-refractivity contribution in [2.75, 3.05) is 5.73 Å². The number of alkyl halides is 3. The van der Waals surface area contributed by atoms with Crippen LogP contribution in [-0.2, 0) is 6.18 Å². The van der Waals surface area contributed by atoms with E-state index < -0.39 is 23.9 Å². The van der Waals surface area contributed by atoms with Gasteiger partial charge in [0.15, 0.2) is 0 Å². The highest BCUT2D eigenvalue weighted by molar-refractivity contribution is 5.97. The maximum absolute atomic E-state index is 14.3. The summed E-state index contributed by atoms with van der Waals surface area (Å²) in [6, 6.07) is 7.67. The molecule has 5 aromatic rings. The zero-order chi connectivity index (χ0) is 25.6. The summed E-state index contributed by atoms with van der Waals surface area (Å²) >= 11 is 0. The Hall–Kier alpha value is -4.86. The molecule has 0 saturated heterocycles. The first kappa shape index (κ1) is 22.9. The number of halogens is 4. The Balaban J connectivity index is 1.67. The highest BCUT2D eigenvalue weighted by Gasteiger charge is 2.34. The molecule has 4 heterocycles. The number of benzene rings is 1. The first-order valence-electron chi connectivity index (χ1n) is 10.4. The average Bonchev–Trinajstić information content (AvgIpc) is 3.46. The van der Waals surface area contributed by atoms with Crippen LogP contribution in [0, 0.1) is 17.1 Å². The van der Waals surface area contributed by atoms with E-state index in [0.717, 1.165) is 12.4 Å². The van der Waals surface area contributed by atoms with Crippen LogP contribution in [-0.4, -0.2) is 34.3 Å². The molecule has 13 heteroatoms. The molecule has 2 N–H and O–H groups in total. The lowest BCUT2D eigenvalue weighted by atomic mass is 10.1. The van der Waals surface area contributed by atoms with Gasteiger partial charge in [-0.1, -0.05) is 12.1 Å². The first-order chi connectivity index (χ1) is 17.2. The standard InChI is InChI=1S/C23H15F4N9/c1-12(14-9-33-35(11-14)17-5-3-2-4-16(17)24)36-18(6-28)19(15-10-32-22(29)34-20(15)36)13-7-30-21(31-8-13)23(25,26)27/h2-5,7-12H,1H3,(H2,29,32,34). The van der Waals surface area contributed by atoms with Crippen molar-refractivity contribution in [3.05, 3.63) is 78.1 Å². The molecule has 0 radical (unpaired) electrons. The van der Waals surface area contributed by atoms with Crippen LogP contribution in [0.5, 0.6) is 0 Å². The summed E-state index contributed by atoms with van der Waals surface area (Å²) in [7, 11) is 0. The van der Waals surface area contributed by atoms with E-state index in [1.807, 2.05) is 0 Å². The largest absolute Gasteiger partial charge is 0.451 e. The second kappa shape index (κ2) is 8.42. The summed E-state index contributed by atoms with van der Waals surface area (Å²) in [6.45, 7) is 1.77. The van der Waals surface area contributed by atoms with Crippen molar-refractivity contribution in [3.8, 4) is 22.9 Å². The maximum atomic E-state index is 14.3. The molecule has 0 saturated carbocycles. The van der Waals surface area contributed by atoms with Crippen LogP contribution in [0.4, 0.5) is 23.5 Å². The van der Waals surface area contributed by atoms with E-state index in [1.165, 1.54) is 23.1 Å². The Labute approximate surface area is 200 Å². The van der Waals surface area contributed by atoms with E-state index in [2.05, 4.69) is 31.1 Å². The van der Waals surface area contributed by atoms with Crippen molar-refractivity contribution in [2.24, 2.45) is 0 Å². The van der Waals surface area contributed by atoms with Crippen LogP contribution >= 0.6 is 0 Å². The van der Waals surface area contributed by atoms with E-state index in [4.69, 9.17) is 5.73 Å². The molecular weight excluding hydrogens is 478 g/mol. The molecule has 0 spiro atoms. The summed E-state index contributed by atoms with van der Waals surface area (Å²) < 4.78 is 56.1. The second-order valence-electron chi connectivity index (χ2n) is 7.81. The summed E-state index contributed by atoms with van der Waals surface area (Å²) in [6.07, 6.45) is 1.80. The predicted octanol–water partition coefficient (Wildman–Crippen LogP) is 4.30. The molecule has 0 fully saturated rings. The van der Waals surface area contributed by atoms with Crippen molar-refractivity contribution in [3.63, 3.8) is 0 Å². The predicted molar refractivity (Wildman–Crippen MR) is 120 cm³/mol. The van der Waals surface area contributed by atoms with Gasteiger partial charge in [0.2, 0.25) is 11.8 Å². The molecule has 0 aliphatic carbocycles.